The molecule has 2 heterocycles. The van der Waals surface area contributed by atoms with Crippen LogP contribution in [0.4, 0.5) is 0 Å². The van der Waals surface area contributed by atoms with E-state index in [0.717, 1.165) is 53.0 Å². The highest BCUT2D eigenvalue weighted by Gasteiger charge is 2.22. The Balaban J connectivity index is 2.16. The minimum absolute atomic E-state index is 0.702. The van der Waals surface area contributed by atoms with Gasteiger partial charge in [0, 0.05) is 0 Å². The predicted octanol–water partition coefficient (Wildman–Crippen LogP) is 4.67. The lowest BCUT2D eigenvalue weighted by molar-refractivity contribution is 0.615. The van der Waals surface area contributed by atoms with Crippen molar-refractivity contribution in [1.82, 2.24) is 9.38 Å². The van der Waals surface area contributed by atoms with Crippen LogP contribution >= 0.6 is 11.6 Å². The average molecular weight is 310 g/mol. The molecule has 0 bridgehead atoms. The first-order valence-corrected chi connectivity index (χ1v) is 8.19. The van der Waals surface area contributed by atoms with Crippen LogP contribution in [-0.2, 0) is 12.8 Å². The number of pyridine rings is 1. The molecule has 1 aromatic carbocycles. The van der Waals surface area contributed by atoms with Crippen LogP contribution in [0.1, 0.15) is 42.4 Å². The molecule has 1 aliphatic carbocycles. The van der Waals surface area contributed by atoms with Gasteiger partial charge in [0.25, 0.3) is 0 Å². The molecular weight excluding hydrogens is 294 g/mol. The van der Waals surface area contributed by atoms with E-state index in [2.05, 4.69) is 11.1 Å². The molecule has 0 saturated heterocycles. The van der Waals surface area contributed by atoms with E-state index < -0.39 is 0 Å². The summed E-state index contributed by atoms with van der Waals surface area (Å²) in [5.41, 5.74) is 5.54. The van der Waals surface area contributed by atoms with Gasteiger partial charge in [0.05, 0.1) is 16.6 Å². The standard InChI is InChI=1S/C18H16ClN3/c19-17-13-8-4-2-1-3-7-12(13)14(11-20)18-21-15-9-5-6-10-16(15)22(17)18/h5-6,9-10H,1-4,7-8H2. The molecule has 2 aromatic heterocycles. The lowest BCUT2D eigenvalue weighted by Gasteiger charge is -2.18. The van der Waals surface area contributed by atoms with Gasteiger partial charge in [-0.2, -0.15) is 5.26 Å². The zero-order valence-corrected chi connectivity index (χ0v) is 13.0. The van der Waals surface area contributed by atoms with Crippen LogP contribution in [0.15, 0.2) is 24.3 Å². The number of imidazole rings is 1. The SMILES string of the molecule is N#Cc1c2c(c(Cl)n3c1nc1ccccc13)CCCCCC2. The summed E-state index contributed by atoms with van der Waals surface area (Å²) in [7, 11) is 0. The van der Waals surface area contributed by atoms with Gasteiger partial charge in [-0.15, -0.1) is 0 Å². The Labute approximate surface area is 134 Å². The molecule has 22 heavy (non-hydrogen) atoms. The minimum atomic E-state index is 0.702. The largest absolute Gasteiger partial charge is 0.281 e. The Morgan fingerprint density at radius 1 is 1.05 bits per heavy atom. The maximum absolute atomic E-state index is 9.72. The molecule has 0 N–H and O–H groups in total. The van der Waals surface area contributed by atoms with Crippen molar-refractivity contribution in [2.24, 2.45) is 0 Å². The van der Waals surface area contributed by atoms with Crippen molar-refractivity contribution in [3.63, 3.8) is 0 Å². The van der Waals surface area contributed by atoms with Crippen molar-refractivity contribution in [2.45, 2.75) is 38.5 Å². The van der Waals surface area contributed by atoms with Crippen molar-refractivity contribution >= 4 is 28.3 Å². The van der Waals surface area contributed by atoms with Gasteiger partial charge in [-0.05, 0) is 48.9 Å². The van der Waals surface area contributed by atoms with Crippen LogP contribution in [0, 0.1) is 11.3 Å². The molecular formula is C18H16ClN3. The summed E-state index contributed by atoms with van der Waals surface area (Å²) in [4.78, 5) is 4.66. The second-order valence-corrected chi connectivity index (χ2v) is 6.27. The molecule has 0 saturated carbocycles. The van der Waals surface area contributed by atoms with Crippen molar-refractivity contribution in [1.29, 1.82) is 5.26 Å². The van der Waals surface area contributed by atoms with E-state index in [-0.39, 0.29) is 0 Å². The Hall–Kier alpha value is -2.05. The Morgan fingerprint density at radius 2 is 1.77 bits per heavy atom. The number of nitrogens with zero attached hydrogens (tertiary/aromatic N) is 3. The van der Waals surface area contributed by atoms with Crippen LogP contribution in [0.2, 0.25) is 5.15 Å². The summed E-state index contributed by atoms with van der Waals surface area (Å²) in [6.07, 6.45) is 6.59. The van der Waals surface area contributed by atoms with Crippen molar-refractivity contribution in [2.75, 3.05) is 0 Å². The highest BCUT2D eigenvalue weighted by molar-refractivity contribution is 6.31. The van der Waals surface area contributed by atoms with Gasteiger partial charge in [-0.25, -0.2) is 4.98 Å². The first kappa shape index (κ1) is 13.6. The first-order valence-electron chi connectivity index (χ1n) is 7.82. The molecule has 3 aromatic rings. The Kier molecular flexibility index (Phi) is 3.28. The number of rotatable bonds is 0. The second kappa shape index (κ2) is 5.30. The van der Waals surface area contributed by atoms with E-state index in [1.54, 1.807) is 0 Å². The van der Waals surface area contributed by atoms with Gasteiger partial charge in [0.15, 0.2) is 5.65 Å². The van der Waals surface area contributed by atoms with Crippen molar-refractivity contribution in [3.8, 4) is 6.07 Å². The van der Waals surface area contributed by atoms with Gasteiger partial charge in [-0.3, -0.25) is 4.40 Å². The molecule has 4 rings (SSSR count). The molecule has 0 unspecified atom stereocenters. The van der Waals surface area contributed by atoms with Gasteiger partial charge >= 0.3 is 0 Å². The number of hydrogen-bond donors (Lipinski definition) is 0. The third-order valence-corrected chi connectivity index (χ3v) is 5.01. The molecule has 0 amide bonds. The summed E-state index contributed by atoms with van der Waals surface area (Å²) in [5.74, 6) is 0. The van der Waals surface area contributed by atoms with E-state index >= 15 is 0 Å². The molecule has 0 fully saturated rings. The Morgan fingerprint density at radius 3 is 2.55 bits per heavy atom. The van der Waals surface area contributed by atoms with Crippen LogP contribution < -0.4 is 0 Å². The van der Waals surface area contributed by atoms with E-state index in [4.69, 9.17) is 11.6 Å². The van der Waals surface area contributed by atoms with Crippen LogP contribution in [0.25, 0.3) is 16.7 Å². The summed E-state index contributed by atoms with van der Waals surface area (Å²) >= 11 is 6.75. The highest BCUT2D eigenvalue weighted by atomic mass is 35.5. The second-order valence-electron chi connectivity index (χ2n) is 5.91. The molecule has 0 atom stereocenters. The average Bonchev–Trinajstić information content (AvgIpc) is 2.88. The topological polar surface area (TPSA) is 41.1 Å². The molecule has 4 heteroatoms. The van der Waals surface area contributed by atoms with Crippen LogP contribution in [0.5, 0.6) is 0 Å². The van der Waals surface area contributed by atoms with Crippen molar-refractivity contribution < 1.29 is 0 Å². The van der Waals surface area contributed by atoms with Gasteiger partial charge in [0.2, 0.25) is 0 Å². The van der Waals surface area contributed by atoms with E-state index in [9.17, 15) is 5.26 Å². The zero-order chi connectivity index (χ0) is 15.1. The monoisotopic (exact) mass is 309 g/mol. The van der Waals surface area contributed by atoms with E-state index in [1.165, 1.54) is 12.8 Å². The maximum Gasteiger partial charge on any atom is 0.157 e. The summed E-state index contributed by atoms with van der Waals surface area (Å²) in [5, 5.41) is 10.5. The van der Waals surface area contributed by atoms with Gasteiger partial charge in [-0.1, -0.05) is 36.6 Å². The fraction of sp³-hybridized carbons (Fsp3) is 0.333. The number of nitriles is 1. The molecule has 0 aliphatic heterocycles. The number of aromatic nitrogens is 2. The van der Waals surface area contributed by atoms with Crippen molar-refractivity contribution in [3.05, 3.63) is 46.1 Å². The minimum Gasteiger partial charge on any atom is -0.281 e. The lowest BCUT2D eigenvalue weighted by Crippen LogP contribution is -2.08. The van der Waals surface area contributed by atoms with Crippen LogP contribution in [-0.4, -0.2) is 9.38 Å². The first-order chi connectivity index (χ1) is 10.8. The number of hydrogen-bond acceptors (Lipinski definition) is 2. The highest BCUT2D eigenvalue weighted by Crippen LogP contribution is 2.34. The number of para-hydroxylation sites is 2. The predicted molar refractivity (Wildman–Crippen MR) is 88.3 cm³/mol. The number of benzene rings is 1. The molecule has 0 spiro atoms. The smallest absolute Gasteiger partial charge is 0.157 e. The fourth-order valence-corrected chi connectivity index (χ4v) is 3.92. The molecule has 1 aliphatic rings. The summed E-state index contributed by atoms with van der Waals surface area (Å²) in [6.45, 7) is 0. The normalized spacial score (nSPS) is 15.3. The molecule has 3 nitrogen and oxygen atoms in total. The fourth-order valence-electron chi connectivity index (χ4n) is 3.54. The summed E-state index contributed by atoms with van der Waals surface area (Å²) < 4.78 is 1.95. The lowest BCUT2D eigenvalue weighted by atomic mass is 9.92. The zero-order valence-electron chi connectivity index (χ0n) is 12.3. The summed E-state index contributed by atoms with van der Waals surface area (Å²) in [6, 6.07) is 10.3. The number of fused-ring (bicyclic) bond motifs is 4. The van der Waals surface area contributed by atoms with E-state index in [1.807, 2.05) is 28.7 Å². The molecule has 0 radical (unpaired) electrons. The maximum atomic E-state index is 9.72. The third-order valence-electron chi connectivity index (χ3n) is 4.61. The Bertz CT molecular complexity index is 918. The van der Waals surface area contributed by atoms with E-state index in [0.29, 0.717) is 11.2 Å². The quantitative estimate of drug-likeness (QED) is 0.566. The number of halogens is 1. The van der Waals surface area contributed by atoms with Crippen LogP contribution in [0.3, 0.4) is 0 Å². The third kappa shape index (κ3) is 1.91. The van der Waals surface area contributed by atoms with Gasteiger partial charge < -0.3 is 0 Å². The molecule has 110 valence electrons. The van der Waals surface area contributed by atoms with Gasteiger partial charge in [0.1, 0.15) is 11.2 Å².